The van der Waals surface area contributed by atoms with Crippen LogP contribution in [-0.4, -0.2) is 141 Å². The van der Waals surface area contributed by atoms with Crippen LogP contribution in [-0.2, 0) is 32.5 Å². The molecule has 1 unspecified atom stereocenters. The summed E-state index contributed by atoms with van der Waals surface area (Å²) < 4.78 is 53.3. The largest absolute Gasteiger partial charge is 0.461 e. The van der Waals surface area contributed by atoms with Crippen LogP contribution in [0.15, 0.2) is 42.6 Å². The second kappa shape index (κ2) is 20.6. The molecule has 6 saturated heterocycles. The van der Waals surface area contributed by atoms with Crippen LogP contribution in [0.1, 0.15) is 106 Å². The number of pyridine rings is 2. The number of amides is 3. The molecule has 4 atom stereocenters. The zero-order chi connectivity index (χ0) is 53.2. The van der Waals surface area contributed by atoms with Crippen molar-refractivity contribution >= 4 is 62.1 Å². The van der Waals surface area contributed by atoms with Gasteiger partial charge in [0.05, 0.1) is 52.0 Å². The maximum atomic E-state index is 17.4. The van der Waals surface area contributed by atoms with Crippen molar-refractivity contribution in [2.45, 2.75) is 113 Å². The molecule has 19 heteroatoms. The first kappa shape index (κ1) is 50.5. The van der Waals surface area contributed by atoms with E-state index in [1.54, 1.807) is 18.2 Å². The van der Waals surface area contributed by atoms with Gasteiger partial charge in [-0.25, -0.2) is 23.5 Å². The molecule has 17 nitrogen and oxygen atoms in total. The molecule has 0 spiro atoms. The Bertz CT molecular complexity index is 3410. The molecular formula is C59H65F2N11O6. The number of imide groups is 1. The minimum absolute atomic E-state index is 0.00449. The van der Waals surface area contributed by atoms with Crippen molar-refractivity contribution in [1.82, 2.24) is 44.8 Å². The fourth-order valence-electron chi connectivity index (χ4n) is 14.2. The van der Waals surface area contributed by atoms with Crippen LogP contribution in [0.4, 0.5) is 25.2 Å². The summed E-state index contributed by atoms with van der Waals surface area (Å²) in [6.07, 6.45) is 19.1. The fourth-order valence-corrected chi connectivity index (χ4v) is 14.2. The molecule has 1 N–H and O–H groups in total. The summed E-state index contributed by atoms with van der Waals surface area (Å²) in [6.45, 7) is 6.48. The average molecular weight is 1060 g/mol. The molecule has 6 aromatic rings. The number of carbonyl (C=O) groups is 3. The molecule has 3 amide bonds. The number of nitrogens with zero attached hydrogens (tertiary/aromatic N) is 10. The maximum Gasteiger partial charge on any atom is 0.409 e. The molecule has 0 radical (unpaired) electrons. The highest BCUT2D eigenvalue weighted by molar-refractivity contribution is 6.04. The van der Waals surface area contributed by atoms with Gasteiger partial charge in [-0.1, -0.05) is 30.2 Å². The number of benzene rings is 2. The lowest BCUT2D eigenvalue weighted by atomic mass is 9.83. The summed E-state index contributed by atoms with van der Waals surface area (Å²) in [5, 5.41) is 9.65. The summed E-state index contributed by atoms with van der Waals surface area (Å²) in [6, 6.07) is 10.5. The van der Waals surface area contributed by atoms with Crippen molar-refractivity contribution in [2.75, 3.05) is 75.5 Å². The Kier molecular flexibility index (Phi) is 13.4. The number of fused-ring (bicyclic) bond motifs is 5. The lowest BCUT2D eigenvalue weighted by Gasteiger charge is -2.37. The van der Waals surface area contributed by atoms with E-state index < -0.39 is 17.6 Å². The molecule has 0 saturated carbocycles. The first-order chi connectivity index (χ1) is 38.0. The number of aromatic nitrogens is 6. The molecular weight excluding hydrogens is 997 g/mol. The topological polar surface area (TPSA) is 173 Å². The highest BCUT2D eigenvalue weighted by Gasteiger charge is 2.50. The molecule has 13 rings (SSSR count). The number of terminal acetylenes is 1. The summed E-state index contributed by atoms with van der Waals surface area (Å²) in [5.74, 6) is 2.97. The van der Waals surface area contributed by atoms with Gasteiger partial charge < -0.3 is 28.9 Å². The highest BCUT2D eigenvalue weighted by atomic mass is 19.1. The zero-order valence-corrected chi connectivity index (χ0v) is 44.2. The van der Waals surface area contributed by atoms with Gasteiger partial charge in [-0.15, -0.1) is 6.42 Å². The number of hydrogen-bond donors (Lipinski definition) is 1. The van der Waals surface area contributed by atoms with Gasteiger partial charge in [-0.2, -0.15) is 15.1 Å². The lowest BCUT2D eigenvalue weighted by Crippen LogP contribution is -2.48. The normalized spacial score (nSPS) is 24.3. The van der Waals surface area contributed by atoms with E-state index in [9.17, 15) is 14.4 Å². The van der Waals surface area contributed by atoms with Gasteiger partial charge in [0.15, 0.2) is 5.82 Å². The van der Waals surface area contributed by atoms with Gasteiger partial charge in [-0.05, 0) is 113 Å². The van der Waals surface area contributed by atoms with Gasteiger partial charge >= 0.3 is 12.1 Å². The van der Waals surface area contributed by atoms with Crippen LogP contribution in [0.3, 0.4) is 0 Å². The van der Waals surface area contributed by atoms with E-state index in [0.717, 1.165) is 107 Å². The minimum atomic E-state index is -0.642. The number of anilines is 2. The molecule has 7 aliphatic heterocycles. The molecule has 7 aliphatic rings. The molecule has 11 heterocycles. The van der Waals surface area contributed by atoms with Crippen molar-refractivity contribution in [2.24, 2.45) is 18.9 Å². The van der Waals surface area contributed by atoms with E-state index in [1.165, 1.54) is 6.07 Å². The number of carbonyl (C=O) groups excluding carboxylic acids is 3. The third kappa shape index (κ3) is 9.11. The number of ether oxygens (including phenoxy) is 3. The van der Waals surface area contributed by atoms with E-state index in [2.05, 4.69) is 32.0 Å². The van der Waals surface area contributed by atoms with Gasteiger partial charge in [-0.3, -0.25) is 24.5 Å². The molecule has 2 aromatic carbocycles. The summed E-state index contributed by atoms with van der Waals surface area (Å²) in [4.78, 5) is 66.7. The second-order valence-electron chi connectivity index (χ2n) is 22.8. The first-order valence-electron chi connectivity index (χ1n) is 28.2. The predicted molar refractivity (Wildman–Crippen MR) is 289 cm³/mol. The highest BCUT2D eigenvalue weighted by Crippen LogP contribution is 2.45. The average Bonchev–Trinajstić information content (AvgIpc) is 4.13. The smallest absolute Gasteiger partial charge is 0.409 e. The van der Waals surface area contributed by atoms with Crippen LogP contribution in [0, 0.1) is 35.8 Å². The summed E-state index contributed by atoms with van der Waals surface area (Å²) >= 11 is 0. The van der Waals surface area contributed by atoms with Gasteiger partial charge in [0, 0.05) is 87.4 Å². The number of halogens is 2. The maximum absolute atomic E-state index is 17.4. The predicted octanol–water partition coefficient (Wildman–Crippen LogP) is 7.98. The van der Waals surface area contributed by atoms with Crippen LogP contribution in [0.25, 0.3) is 43.8 Å². The Morgan fingerprint density at radius 3 is 2.58 bits per heavy atom. The Morgan fingerprint density at radius 2 is 1.76 bits per heavy atom. The Labute approximate surface area is 451 Å². The van der Waals surface area contributed by atoms with Crippen molar-refractivity contribution in [3.63, 3.8) is 0 Å². The van der Waals surface area contributed by atoms with E-state index in [4.69, 9.17) is 45.7 Å². The SMILES string of the molecule is C#Cc1c(F)ccc2cccc(-c3nc4c5c(nc(OC[C@@]67CCCN6[C@H](COC(=O)N6CCC(CC8CCN(c9cc%10c(cn9)c(C9CCC(=O)NC9=O)nn%10C)CC8)CC6)CC7)nc5c3F)N3CCCOC[C@@H]3CC4)c12. The zero-order valence-electron chi connectivity index (χ0n) is 44.2. The standard InChI is InChI=1S/C59H65F2N11O6/c1-3-40-44(60)12-9-37-7-4-8-41(49(37)40)53-51(61)54-50-45(63-53)13-10-38-32-76-28-6-22-71(38)55(50)66-57(65-54)78-34-59-20-5-23-72(59)39(15-21-59)33-77-58(75)70-26-18-36(19-27-70)29-35-16-24-69(25-17-35)47-30-46-43(31-62-47)52(67-68(46)2)42-11-14-48(73)64-56(42)74/h1,4,7-9,12,30-31,35-36,38-39,42H,5-6,10-11,13-29,32-34H2,2H3,(H,64,73,74)/t38-,39-,42?,59-/m0/s1. The van der Waals surface area contributed by atoms with Crippen molar-refractivity contribution in [1.29, 1.82) is 0 Å². The molecule has 0 aliphatic carbocycles. The van der Waals surface area contributed by atoms with Crippen molar-refractivity contribution in [3.8, 4) is 29.6 Å². The Balaban J connectivity index is 0.634. The number of likely N-dealkylation sites (tertiary alicyclic amines) is 1. The summed E-state index contributed by atoms with van der Waals surface area (Å²) in [5.41, 5.74) is 2.57. The number of hydrogen-bond acceptors (Lipinski definition) is 14. The van der Waals surface area contributed by atoms with E-state index in [0.29, 0.717) is 116 Å². The number of piperidine rings is 3. The van der Waals surface area contributed by atoms with Crippen LogP contribution >= 0.6 is 0 Å². The van der Waals surface area contributed by atoms with E-state index >= 15 is 8.78 Å². The number of rotatable bonds is 10. The fraction of sp³-hybridized carbons (Fsp3) is 0.525. The molecule has 78 heavy (non-hydrogen) atoms. The third-order valence-corrected chi connectivity index (χ3v) is 18.3. The van der Waals surface area contributed by atoms with Gasteiger partial charge in [0.25, 0.3) is 0 Å². The number of nitrogens with one attached hydrogen (secondary N) is 1. The minimum Gasteiger partial charge on any atom is -0.461 e. The molecule has 0 bridgehead atoms. The molecule has 4 aromatic heterocycles. The van der Waals surface area contributed by atoms with E-state index in [1.807, 2.05) is 28.9 Å². The third-order valence-electron chi connectivity index (χ3n) is 18.3. The van der Waals surface area contributed by atoms with Crippen LogP contribution < -0.4 is 19.9 Å². The Hall–Kier alpha value is -7.04. The van der Waals surface area contributed by atoms with Crippen LogP contribution in [0.5, 0.6) is 6.01 Å². The monoisotopic (exact) mass is 1060 g/mol. The van der Waals surface area contributed by atoms with E-state index in [-0.39, 0.29) is 58.3 Å². The lowest BCUT2D eigenvalue weighted by molar-refractivity contribution is -0.134. The van der Waals surface area contributed by atoms with Gasteiger partial charge in [0.2, 0.25) is 11.8 Å². The second-order valence-corrected chi connectivity index (χ2v) is 22.8. The van der Waals surface area contributed by atoms with Crippen molar-refractivity contribution in [3.05, 3.63) is 71.2 Å². The molecule has 406 valence electrons. The summed E-state index contributed by atoms with van der Waals surface area (Å²) in [7, 11) is 1.89. The first-order valence-corrected chi connectivity index (χ1v) is 28.2. The quantitative estimate of drug-likeness (QED) is 0.103. The Morgan fingerprint density at radius 1 is 0.923 bits per heavy atom. The van der Waals surface area contributed by atoms with Crippen LogP contribution in [0.2, 0.25) is 0 Å². The number of aryl methyl sites for hydroxylation is 2. The molecule has 6 fully saturated rings. The van der Waals surface area contributed by atoms with Crippen molar-refractivity contribution < 1.29 is 37.4 Å². The van der Waals surface area contributed by atoms with Gasteiger partial charge in [0.1, 0.15) is 41.9 Å².